The van der Waals surface area contributed by atoms with Gasteiger partial charge in [-0.05, 0) is 48.8 Å². The van der Waals surface area contributed by atoms with E-state index in [1.165, 1.54) is 29.7 Å². The van der Waals surface area contributed by atoms with Crippen molar-refractivity contribution in [3.63, 3.8) is 0 Å². The van der Waals surface area contributed by atoms with Crippen molar-refractivity contribution in [2.45, 2.75) is 31.7 Å². The SMILES string of the molecule is O=C(c1cnc2c(c1)CCCC2)N1C[C@@H]2CNC[C@@H]2[C@@H]1c1ccccc1. The van der Waals surface area contributed by atoms with Gasteiger partial charge in [-0.15, -0.1) is 0 Å². The molecule has 2 saturated heterocycles. The summed E-state index contributed by atoms with van der Waals surface area (Å²) in [5.74, 6) is 1.20. The van der Waals surface area contributed by atoms with Crippen molar-refractivity contribution < 1.29 is 4.79 Å². The van der Waals surface area contributed by atoms with E-state index in [0.29, 0.717) is 11.8 Å². The van der Waals surface area contributed by atoms with Crippen molar-refractivity contribution in [2.75, 3.05) is 19.6 Å². The molecule has 2 aromatic rings. The topological polar surface area (TPSA) is 45.2 Å². The van der Waals surface area contributed by atoms with E-state index in [1.54, 1.807) is 6.20 Å². The molecule has 3 aliphatic rings. The second kappa shape index (κ2) is 6.51. The molecule has 1 aromatic heterocycles. The summed E-state index contributed by atoms with van der Waals surface area (Å²) >= 11 is 0. The number of benzene rings is 1. The molecule has 3 heterocycles. The maximum absolute atomic E-state index is 13.4. The van der Waals surface area contributed by atoms with Crippen molar-refractivity contribution in [2.24, 2.45) is 11.8 Å². The summed E-state index contributed by atoms with van der Waals surface area (Å²) in [7, 11) is 0. The van der Waals surface area contributed by atoms with E-state index in [-0.39, 0.29) is 11.9 Å². The highest BCUT2D eigenvalue weighted by Crippen LogP contribution is 2.43. The molecule has 4 heteroatoms. The Balaban J connectivity index is 1.48. The van der Waals surface area contributed by atoms with Crippen LogP contribution in [0, 0.1) is 11.8 Å². The maximum Gasteiger partial charge on any atom is 0.255 e. The van der Waals surface area contributed by atoms with Crippen LogP contribution in [0.2, 0.25) is 0 Å². The van der Waals surface area contributed by atoms with E-state index in [2.05, 4.69) is 45.5 Å². The van der Waals surface area contributed by atoms with Crippen LogP contribution in [-0.4, -0.2) is 35.4 Å². The number of carbonyl (C=O) groups excluding carboxylic acids is 1. The van der Waals surface area contributed by atoms with Crippen LogP contribution in [0.3, 0.4) is 0 Å². The second-order valence-corrected chi connectivity index (χ2v) is 7.93. The summed E-state index contributed by atoms with van der Waals surface area (Å²) in [5.41, 5.74) is 4.48. The lowest BCUT2D eigenvalue weighted by Gasteiger charge is -2.29. The fourth-order valence-corrected chi connectivity index (χ4v) is 5.08. The number of hydrogen-bond acceptors (Lipinski definition) is 3. The summed E-state index contributed by atoms with van der Waals surface area (Å²) in [6.07, 6.45) is 6.34. The van der Waals surface area contributed by atoms with Crippen molar-refractivity contribution in [3.05, 3.63) is 65.0 Å². The number of hydrogen-bond donors (Lipinski definition) is 1. The number of rotatable bonds is 2. The Morgan fingerprint density at radius 3 is 2.85 bits per heavy atom. The highest BCUT2D eigenvalue weighted by molar-refractivity contribution is 5.94. The minimum atomic E-state index is 0.147. The predicted octanol–water partition coefficient (Wildman–Crippen LogP) is 2.99. The van der Waals surface area contributed by atoms with Crippen LogP contribution >= 0.6 is 0 Å². The molecule has 1 amide bonds. The van der Waals surface area contributed by atoms with Crippen LogP contribution in [-0.2, 0) is 12.8 Å². The first-order chi connectivity index (χ1) is 12.8. The lowest BCUT2D eigenvalue weighted by atomic mass is 9.89. The monoisotopic (exact) mass is 347 g/mol. The van der Waals surface area contributed by atoms with Crippen molar-refractivity contribution in [1.82, 2.24) is 15.2 Å². The molecule has 0 radical (unpaired) electrons. The van der Waals surface area contributed by atoms with E-state index in [0.717, 1.165) is 38.0 Å². The summed E-state index contributed by atoms with van der Waals surface area (Å²) in [6.45, 7) is 2.85. The van der Waals surface area contributed by atoms with Gasteiger partial charge in [0.1, 0.15) is 0 Å². The lowest BCUT2D eigenvalue weighted by Crippen LogP contribution is -2.35. The van der Waals surface area contributed by atoms with Gasteiger partial charge in [0.15, 0.2) is 0 Å². The quantitative estimate of drug-likeness (QED) is 0.908. The molecule has 4 nitrogen and oxygen atoms in total. The summed E-state index contributed by atoms with van der Waals surface area (Å²) in [6, 6.07) is 12.8. The number of pyridine rings is 1. The smallest absolute Gasteiger partial charge is 0.255 e. The maximum atomic E-state index is 13.4. The number of aromatic nitrogens is 1. The van der Waals surface area contributed by atoms with E-state index in [9.17, 15) is 4.79 Å². The normalized spacial score (nSPS) is 27.2. The fraction of sp³-hybridized carbons (Fsp3) is 0.455. The average Bonchev–Trinajstić information content (AvgIpc) is 3.29. The molecular formula is C22H25N3O. The molecule has 0 unspecified atom stereocenters. The predicted molar refractivity (Wildman–Crippen MR) is 101 cm³/mol. The van der Waals surface area contributed by atoms with Crippen molar-refractivity contribution >= 4 is 5.91 Å². The number of nitrogens with zero attached hydrogens (tertiary/aromatic N) is 2. The fourth-order valence-electron chi connectivity index (χ4n) is 5.08. The second-order valence-electron chi connectivity index (χ2n) is 7.93. The first kappa shape index (κ1) is 16.0. The third-order valence-electron chi connectivity index (χ3n) is 6.38. The Hall–Kier alpha value is -2.20. The van der Waals surface area contributed by atoms with Crippen LogP contribution < -0.4 is 5.32 Å². The van der Waals surface area contributed by atoms with E-state index < -0.39 is 0 Å². The third kappa shape index (κ3) is 2.64. The Kier molecular flexibility index (Phi) is 4.01. The van der Waals surface area contributed by atoms with Gasteiger partial charge in [-0.1, -0.05) is 30.3 Å². The molecule has 134 valence electrons. The van der Waals surface area contributed by atoms with Crippen LogP contribution in [0.25, 0.3) is 0 Å². The summed E-state index contributed by atoms with van der Waals surface area (Å²) in [4.78, 5) is 20.1. The van der Waals surface area contributed by atoms with Gasteiger partial charge in [-0.2, -0.15) is 0 Å². The standard InChI is InChI=1S/C22H25N3O/c26-22(17-10-16-8-4-5-9-20(16)24-12-17)25-14-18-11-23-13-19(18)21(25)15-6-2-1-3-7-15/h1-3,6-7,10,12,18-19,21,23H,4-5,8-9,11,13-14H2/t18-,19-,21-/m0/s1. The highest BCUT2D eigenvalue weighted by Gasteiger charge is 2.46. The lowest BCUT2D eigenvalue weighted by molar-refractivity contribution is 0.0713. The molecular weight excluding hydrogens is 322 g/mol. The Labute approximate surface area is 154 Å². The number of aryl methyl sites for hydroxylation is 2. The van der Waals surface area contributed by atoms with Gasteiger partial charge < -0.3 is 10.2 Å². The van der Waals surface area contributed by atoms with Gasteiger partial charge in [-0.3, -0.25) is 9.78 Å². The number of nitrogens with one attached hydrogen (secondary N) is 1. The van der Waals surface area contributed by atoms with Crippen LogP contribution in [0.5, 0.6) is 0 Å². The molecule has 2 aliphatic heterocycles. The minimum Gasteiger partial charge on any atom is -0.331 e. The molecule has 1 aliphatic carbocycles. The molecule has 5 rings (SSSR count). The molecule has 2 fully saturated rings. The first-order valence-corrected chi connectivity index (χ1v) is 9.85. The van der Waals surface area contributed by atoms with Gasteiger partial charge >= 0.3 is 0 Å². The van der Waals surface area contributed by atoms with Crippen molar-refractivity contribution in [1.29, 1.82) is 0 Å². The van der Waals surface area contributed by atoms with E-state index >= 15 is 0 Å². The van der Waals surface area contributed by atoms with Crippen LogP contribution in [0.4, 0.5) is 0 Å². The summed E-state index contributed by atoms with van der Waals surface area (Å²) in [5, 5.41) is 3.51. The third-order valence-corrected chi connectivity index (χ3v) is 6.38. The Morgan fingerprint density at radius 2 is 1.96 bits per heavy atom. The van der Waals surface area contributed by atoms with E-state index in [4.69, 9.17) is 0 Å². The largest absolute Gasteiger partial charge is 0.331 e. The molecule has 1 N–H and O–H groups in total. The number of fused-ring (bicyclic) bond motifs is 2. The molecule has 26 heavy (non-hydrogen) atoms. The summed E-state index contributed by atoms with van der Waals surface area (Å²) < 4.78 is 0. The molecule has 0 saturated carbocycles. The number of amides is 1. The van der Waals surface area contributed by atoms with Crippen LogP contribution in [0.15, 0.2) is 42.6 Å². The Morgan fingerprint density at radius 1 is 1.12 bits per heavy atom. The highest BCUT2D eigenvalue weighted by atomic mass is 16.2. The molecule has 0 spiro atoms. The van der Waals surface area contributed by atoms with Crippen molar-refractivity contribution in [3.8, 4) is 0 Å². The van der Waals surface area contributed by atoms with Gasteiger partial charge in [-0.25, -0.2) is 0 Å². The molecule has 3 atom stereocenters. The van der Waals surface area contributed by atoms with Crippen LogP contribution in [0.1, 0.15) is 46.1 Å². The van der Waals surface area contributed by atoms with Gasteiger partial charge in [0.25, 0.3) is 5.91 Å². The number of carbonyl (C=O) groups is 1. The average molecular weight is 347 g/mol. The van der Waals surface area contributed by atoms with Gasteiger partial charge in [0, 0.05) is 37.4 Å². The van der Waals surface area contributed by atoms with Gasteiger partial charge in [0.05, 0.1) is 11.6 Å². The Bertz CT molecular complexity index is 819. The van der Waals surface area contributed by atoms with Gasteiger partial charge in [0.2, 0.25) is 0 Å². The zero-order valence-electron chi connectivity index (χ0n) is 15.0. The number of likely N-dealkylation sites (tertiary alicyclic amines) is 1. The minimum absolute atomic E-state index is 0.147. The molecule has 0 bridgehead atoms. The van der Waals surface area contributed by atoms with E-state index in [1.807, 2.05) is 6.07 Å². The molecule has 1 aromatic carbocycles. The first-order valence-electron chi connectivity index (χ1n) is 9.85. The zero-order chi connectivity index (χ0) is 17.5. The zero-order valence-corrected chi connectivity index (χ0v) is 15.0.